The zero-order valence-electron chi connectivity index (χ0n) is 13.2. The van der Waals surface area contributed by atoms with Gasteiger partial charge in [-0.05, 0) is 66.0 Å². The van der Waals surface area contributed by atoms with E-state index in [0.717, 1.165) is 18.8 Å². The summed E-state index contributed by atoms with van der Waals surface area (Å²) >= 11 is 1.76. The predicted molar refractivity (Wildman–Crippen MR) is 91.1 cm³/mol. The van der Waals surface area contributed by atoms with Crippen LogP contribution < -0.4 is 4.74 Å². The molecule has 0 unspecified atom stereocenters. The molecule has 1 aromatic carbocycles. The van der Waals surface area contributed by atoms with E-state index in [1.54, 1.807) is 23.5 Å². The fourth-order valence-electron chi connectivity index (χ4n) is 3.02. The molecule has 1 atom stereocenters. The van der Waals surface area contributed by atoms with Crippen LogP contribution in [0.4, 0.5) is 0 Å². The van der Waals surface area contributed by atoms with Gasteiger partial charge in [-0.1, -0.05) is 0 Å². The van der Waals surface area contributed by atoms with Crippen LogP contribution in [0, 0.1) is 0 Å². The van der Waals surface area contributed by atoms with Crippen LogP contribution in [-0.4, -0.2) is 37.7 Å². The molecule has 0 saturated carbocycles. The molecule has 122 valence electrons. The summed E-state index contributed by atoms with van der Waals surface area (Å²) in [6, 6.07) is 9.84. The van der Waals surface area contributed by atoms with Gasteiger partial charge in [-0.15, -0.1) is 0 Å². The number of likely N-dealkylation sites (tertiary alicyclic amines) is 1. The number of nitrogens with zero attached hydrogens (tertiary/aromatic N) is 1. The van der Waals surface area contributed by atoms with Crippen molar-refractivity contribution in [2.24, 2.45) is 0 Å². The van der Waals surface area contributed by atoms with Crippen LogP contribution in [0.15, 0.2) is 41.1 Å². The van der Waals surface area contributed by atoms with Crippen molar-refractivity contribution >= 4 is 17.3 Å². The molecule has 2 aromatic rings. The molecule has 1 aliphatic heterocycles. The third-order valence-electron chi connectivity index (χ3n) is 4.21. The Bertz CT molecular complexity index is 624. The molecule has 1 saturated heterocycles. The van der Waals surface area contributed by atoms with Gasteiger partial charge in [0.15, 0.2) is 0 Å². The molecule has 2 heterocycles. The molecule has 1 aromatic heterocycles. The molecule has 1 aliphatic rings. The minimum absolute atomic E-state index is 0.327. The van der Waals surface area contributed by atoms with E-state index in [0.29, 0.717) is 18.2 Å². The van der Waals surface area contributed by atoms with Gasteiger partial charge in [0.25, 0.3) is 0 Å². The second-order valence-electron chi connectivity index (χ2n) is 5.62. The van der Waals surface area contributed by atoms with Gasteiger partial charge in [0.05, 0.1) is 12.7 Å². The highest BCUT2D eigenvalue weighted by atomic mass is 32.1. The van der Waals surface area contributed by atoms with Crippen LogP contribution in [0.2, 0.25) is 0 Å². The van der Waals surface area contributed by atoms with Crippen molar-refractivity contribution in [2.75, 3.05) is 26.8 Å². The van der Waals surface area contributed by atoms with Crippen molar-refractivity contribution in [1.82, 2.24) is 4.90 Å². The molecule has 0 amide bonds. The molecule has 5 heteroatoms. The number of carbonyl (C=O) groups is 1. The maximum atomic E-state index is 11.4. The van der Waals surface area contributed by atoms with Crippen molar-refractivity contribution < 1.29 is 14.3 Å². The number of carbonyl (C=O) groups excluding carboxylic acids is 1. The topological polar surface area (TPSA) is 38.8 Å². The lowest BCUT2D eigenvalue weighted by atomic mass is 10.1. The molecule has 1 fully saturated rings. The summed E-state index contributed by atoms with van der Waals surface area (Å²) in [5.74, 6) is 0.455. The van der Waals surface area contributed by atoms with Gasteiger partial charge in [-0.2, -0.15) is 11.3 Å². The van der Waals surface area contributed by atoms with E-state index in [4.69, 9.17) is 4.74 Å². The van der Waals surface area contributed by atoms with Crippen molar-refractivity contribution in [3.8, 4) is 5.75 Å². The standard InChI is InChI=1S/C18H21NO3S/c1-21-18(20)14-4-6-16(7-5-14)22-11-10-19-9-2-3-17(19)15-8-12-23-13-15/h4-8,12-13,17H,2-3,9-11H2,1H3/t17-/m0/s1. The van der Waals surface area contributed by atoms with Crippen LogP contribution in [-0.2, 0) is 4.74 Å². The van der Waals surface area contributed by atoms with Gasteiger partial charge >= 0.3 is 5.97 Å². The van der Waals surface area contributed by atoms with E-state index >= 15 is 0 Å². The number of benzene rings is 1. The number of hydrogen-bond donors (Lipinski definition) is 0. The number of hydrogen-bond acceptors (Lipinski definition) is 5. The van der Waals surface area contributed by atoms with Crippen LogP contribution in [0.1, 0.15) is 34.8 Å². The Morgan fingerprint density at radius 2 is 2.13 bits per heavy atom. The lowest BCUT2D eigenvalue weighted by Crippen LogP contribution is -2.27. The molecule has 0 spiro atoms. The monoisotopic (exact) mass is 331 g/mol. The van der Waals surface area contributed by atoms with Crippen molar-refractivity contribution in [2.45, 2.75) is 18.9 Å². The molecule has 0 aliphatic carbocycles. The van der Waals surface area contributed by atoms with Gasteiger partial charge in [-0.25, -0.2) is 4.79 Å². The van der Waals surface area contributed by atoms with Crippen LogP contribution in [0.5, 0.6) is 5.75 Å². The Morgan fingerprint density at radius 3 is 2.83 bits per heavy atom. The second kappa shape index (κ2) is 7.62. The highest BCUT2D eigenvalue weighted by Gasteiger charge is 2.25. The molecule has 23 heavy (non-hydrogen) atoms. The maximum Gasteiger partial charge on any atom is 0.337 e. The Morgan fingerprint density at radius 1 is 1.30 bits per heavy atom. The smallest absolute Gasteiger partial charge is 0.337 e. The molecule has 3 rings (SSSR count). The van der Waals surface area contributed by atoms with Crippen LogP contribution in [0.25, 0.3) is 0 Å². The first kappa shape index (κ1) is 16.0. The first-order valence-electron chi connectivity index (χ1n) is 7.85. The fraction of sp³-hybridized carbons (Fsp3) is 0.389. The summed E-state index contributed by atoms with van der Waals surface area (Å²) < 4.78 is 10.5. The number of esters is 1. The number of methoxy groups -OCH3 is 1. The largest absolute Gasteiger partial charge is 0.492 e. The fourth-order valence-corrected chi connectivity index (χ4v) is 3.73. The van der Waals surface area contributed by atoms with Crippen molar-refractivity contribution in [1.29, 1.82) is 0 Å². The molecular weight excluding hydrogens is 310 g/mol. The van der Waals surface area contributed by atoms with Gasteiger partial charge < -0.3 is 9.47 Å². The summed E-state index contributed by atoms with van der Waals surface area (Å²) in [5.41, 5.74) is 1.96. The van der Waals surface area contributed by atoms with E-state index < -0.39 is 0 Å². The molecule has 4 nitrogen and oxygen atoms in total. The zero-order valence-corrected chi connectivity index (χ0v) is 14.1. The predicted octanol–water partition coefficient (Wildman–Crippen LogP) is 3.75. The Balaban J connectivity index is 1.50. The van der Waals surface area contributed by atoms with E-state index in [1.807, 2.05) is 12.1 Å². The summed E-state index contributed by atoms with van der Waals surface area (Å²) in [4.78, 5) is 13.9. The van der Waals surface area contributed by atoms with E-state index in [1.165, 1.54) is 25.5 Å². The number of rotatable bonds is 6. The SMILES string of the molecule is COC(=O)c1ccc(OCCN2CCC[C@H]2c2ccsc2)cc1. The number of ether oxygens (including phenoxy) is 2. The first-order chi connectivity index (χ1) is 11.3. The summed E-state index contributed by atoms with van der Waals surface area (Å²) in [6.07, 6.45) is 2.47. The summed E-state index contributed by atoms with van der Waals surface area (Å²) in [6.45, 7) is 2.70. The zero-order chi connectivity index (χ0) is 16.1. The average molecular weight is 331 g/mol. The first-order valence-corrected chi connectivity index (χ1v) is 8.79. The highest BCUT2D eigenvalue weighted by Crippen LogP contribution is 2.32. The van der Waals surface area contributed by atoms with Crippen molar-refractivity contribution in [3.05, 3.63) is 52.2 Å². The minimum Gasteiger partial charge on any atom is -0.492 e. The lowest BCUT2D eigenvalue weighted by Gasteiger charge is -2.23. The molecule has 0 N–H and O–H groups in total. The Hall–Kier alpha value is -1.85. The maximum absolute atomic E-state index is 11.4. The second-order valence-corrected chi connectivity index (χ2v) is 6.40. The van der Waals surface area contributed by atoms with Gasteiger partial charge in [0, 0.05) is 12.6 Å². The summed E-state index contributed by atoms with van der Waals surface area (Å²) in [7, 11) is 1.38. The summed E-state index contributed by atoms with van der Waals surface area (Å²) in [5, 5.41) is 4.39. The average Bonchev–Trinajstić information content (AvgIpc) is 3.25. The Kier molecular flexibility index (Phi) is 5.31. The highest BCUT2D eigenvalue weighted by molar-refractivity contribution is 7.07. The number of thiophene rings is 1. The van der Waals surface area contributed by atoms with Crippen molar-refractivity contribution in [3.63, 3.8) is 0 Å². The van der Waals surface area contributed by atoms with E-state index in [9.17, 15) is 4.79 Å². The third-order valence-corrected chi connectivity index (χ3v) is 4.92. The van der Waals surface area contributed by atoms with Crippen LogP contribution in [0.3, 0.4) is 0 Å². The minimum atomic E-state index is -0.327. The quantitative estimate of drug-likeness (QED) is 0.756. The van der Waals surface area contributed by atoms with E-state index in [2.05, 4.69) is 26.5 Å². The molecule has 0 radical (unpaired) electrons. The normalized spacial score (nSPS) is 18.0. The molecular formula is C18H21NO3S. The van der Waals surface area contributed by atoms with Gasteiger partial charge in [-0.3, -0.25) is 4.90 Å². The van der Waals surface area contributed by atoms with Gasteiger partial charge in [0.1, 0.15) is 12.4 Å². The third kappa shape index (κ3) is 3.92. The van der Waals surface area contributed by atoms with Gasteiger partial charge in [0.2, 0.25) is 0 Å². The molecule has 0 bridgehead atoms. The lowest BCUT2D eigenvalue weighted by molar-refractivity contribution is 0.0600. The van der Waals surface area contributed by atoms with E-state index in [-0.39, 0.29) is 5.97 Å². The van der Waals surface area contributed by atoms with Crippen LogP contribution >= 0.6 is 11.3 Å². The Labute approximate surface area is 140 Å².